The van der Waals surface area contributed by atoms with E-state index in [1.807, 2.05) is 24.3 Å². The third kappa shape index (κ3) is 5.07. The van der Waals surface area contributed by atoms with Crippen LogP contribution in [-0.2, 0) is 16.0 Å². The summed E-state index contributed by atoms with van der Waals surface area (Å²) in [6.07, 6.45) is 1.48. The molecule has 0 aliphatic heterocycles. The van der Waals surface area contributed by atoms with Crippen LogP contribution < -0.4 is 0 Å². The molecule has 0 aliphatic rings. The van der Waals surface area contributed by atoms with Crippen LogP contribution in [0.2, 0.25) is 0 Å². The summed E-state index contributed by atoms with van der Waals surface area (Å²) in [6.45, 7) is 0. The Kier molecular flexibility index (Phi) is 5.19. The van der Waals surface area contributed by atoms with Crippen LogP contribution in [0.3, 0.4) is 0 Å². The van der Waals surface area contributed by atoms with Crippen molar-refractivity contribution in [2.45, 2.75) is 25.7 Å². The average Bonchev–Trinajstić information content (AvgIpc) is 2.20. The number of halogens is 1. The van der Waals surface area contributed by atoms with E-state index in [9.17, 15) is 9.59 Å². The van der Waals surface area contributed by atoms with Crippen molar-refractivity contribution >= 4 is 27.7 Å². The third-order valence-electron chi connectivity index (χ3n) is 2.18. The minimum atomic E-state index is -1.05. The van der Waals surface area contributed by atoms with E-state index >= 15 is 0 Å². The van der Waals surface area contributed by atoms with Crippen molar-refractivity contribution in [2.75, 3.05) is 0 Å². The number of carboxylic acid groups (broad SMARTS) is 1. The van der Waals surface area contributed by atoms with Crippen molar-refractivity contribution < 1.29 is 14.7 Å². The molecule has 4 heteroatoms. The summed E-state index contributed by atoms with van der Waals surface area (Å²) >= 11 is 3.34. The first-order chi connectivity index (χ1) is 7.58. The predicted molar refractivity (Wildman–Crippen MR) is 64.3 cm³/mol. The zero-order valence-corrected chi connectivity index (χ0v) is 10.4. The minimum absolute atomic E-state index is 0.204. The van der Waals surface area contributed by atoms with Gasteiger partial charge < -0.3 is 5.11 Å². The fraction of sp³-hybridized carbons (Fsp3) is 0.333. The third-order valence-corrected chi connectivity index (χ3v) is 2.71. The predicted octanol–water partition coefficient (Wildman–Crippen LogP) is 2.82. The topological polar surface area (TPSA) is 54.4 Å². The van der Waals surface area contributed by atoms with Crippen LogP contribution in [0.4, 0.5) is 0 Å². The Morgan fingerprint density at radius 3 is 2.38 bits per heavy atom. The molecule has 1 rings (SSSR count). The highest BCUT2D eigenvalue weighted by Crippen LogP contribution is 2.12. The Hall–Kier alpha value is -1.16. The Balaban J connectivity index is 2.28. The molecule has 0 aromatic heterocycles. The molecule has 0 amide bonds. The fourth-order valence-corrected chi connectivity index (χ4v) is 1.66. The molecule has 0 unspecified atom stereocenters. The molecule has 16 heavy (non-hydrogen) atoms. The van der Waals surface area contributed by atoms with Crippen molar-refractivity contribution in [1.29, 1.82) is 0 Å². The maximum atomic E-state index is 11.1. The van der Waals surface area contributed by atoms with Crippen LogP contribution in [0, 0.1) is 0 Å². The number of carbonyl (C=O) groups is 2. The molecule has 3 nitrogen and oxygen atoms in total. The molecule has 0 aliphatic carbocycles. The van der Waals surface area contributed by atoms with Crippen LogP contribution in [0.1, 0.15) is 24.8 Å². The van der Waals surface area contributed by atoms with Crippen molar-refractivity contribution in [3.05, 3.63) is 34.3 Å². The lowest BCUT2D eigenvalue weighted by molar-refractivity contribution is -0.140. The summed E-state index contributed by atoms with van der Waals surface area (Å²) in [4.78, 5) is 21.4. The minimum Gasteiger partial charge on any atom is -0.481 e. The van der Waals surface area contributed by atoms with Gasteiger partial charge >= 0.3 is 5.97 Å². The lowest BCUT2D eigenvalue weighted by Gasteiger charge is -2.00. The molecule has 0 saturated heterocycles. The zero-order chi connectivity index (χ0) is 12.0. The van der Waals surface area contributed by atoms with Crippen LogP contribution in [0.15, 0.2) is 28.7 Å². The van der Waals surface area contributed by atoms with Gasteiger partial charge in [-0.3, -0.25) is 9.59 Å². The Labute approximate surface area is 103 Å². The maximum absolute atomic E-state index is 11.1. The van der Waals surface area contributed by atoms with E-state index in [1.54, 1.807) is 0 Å². The van der Waals surface area contributed by atoms with Crippen LogP contribution in [-0.4, -0.2) is 16.9 Å². The molecule has 86 valence electrons. The summed E-state index contributed by atoms with van der Waals surface area (Å²) in [7, 11) is 0. The van der Waals surface area contributed by atoms with Gasteiger partial charge in [0.05, 0.1) is 0 Å². The second-order valence-corrected chi connectivity index (χ2v) is 4.50. The number of aryl methyl sites for hydroxylation is 1. The summed E-state index contributed by atoms with van der Waals surface area (Å²) in [6, 6.07) is 7.89. The molecule has 1 aromatic rings. The zero-order valence-electron chi connectivity index (χ0n) is 8.78. The van der Waals surface area contributed by atoms with Crippen molar-refractivity contribution in [3.8, 4) is 0 Å². The number of Topliss-reactive ketones (excluding diaryl/α,β-unsaturated/α-hetero) is 1. The van der Waals surface area contributed by atoms with E-state index in [1.165, 1.54) is 0 Å². The SMILES string of the molecule is O=C(O)CC(=O)CCCc1ccc(Br)cc1. The molecule has 0 spiro atoms. The normalized spacial score (nSPS) is 10.1. The Morgan fingerprint density at radius 1 is 1.19 bits per heavy atom. The monoisotopic (exact) mass is 284 g/mol. The van der Waals surface area contributed by atoms with Gasteiger partial charge in [0.1, 0.15) is 12.2 Å². The first-order valence-electron chi connectivity index (χ1n) is 5.06. The highest BCUT2D eigenvalue weighted by Gasteiger charge is 2.07. The van der Waals surface area contributed by atoms with E-state index in [0.29, 0.717) is 12.8 Å². The van der Waals surface area contributed by atoms with Gasteiger partial charge in [0.25, 0.3) is 0 Å². The molecule has 0 heterocycles. The number of benzene rings is 1. The largest absolute Gasteiger partial charge is 0.481 e. The van der Waals surface area contributed by atoms with E-state index < -0.39 is 5.97 Å². The number of rotatable bonds is 6. The summed E-state index contributed by atoms with van der Waals surface area (Å²) in [5.74, 6) is -1.25. The van der Waals surface area contributed by atoms with Gasteiger partial charge in [-0.2, -0.15) is 0 Å². The molecule has 0 bridgehead atoms. The van der Waals surface area contributed by atoms with E-state index in [-0.39, 0.29) is 12.2 Å². The van der Waals surface area contributed by atoms with E-state index in [2.05, 4.69) is 15.9 Å². The first kappa shape index (κ1) is 12.9. The van der Waals surface area contributed by atoms with Gasteiger partial charge in [0.15, 0.2) is 0 Å². The number of hydrogen-bond donors (Lipinski definition) is 1. The van der Waals surface area contributed by atoms with Gasteiger partial charge in [0.2, 0.25) is 0 Å². The van der Waals surface area contributed by atoms with Gasteiger partial charge in [-0.1, -0.05) is 28.1 Å². The highest BCUT2D eigenvalue weighted by atomic mass is 79.9. The maximum Gasteiger partial charge on any atom is 0.310 e. The Bertz CT molecular complexity index is 370. The molecular formula is C12H13BrO3. The van der Waals surface area contributed by atoms with Gasteiger partial charge in [-0.05, 0) is 30.5 Å². The van der Waals surface area contributed by atoms with Gasteiger partial charge in [0, 0.05) is 10.9 Å². The van der Waals surface area contributed by atoms with E-state index in [0.717, 1.165) is 16.5 Å². The summed E-state index contributed by atoms with van der Waals surface area (Å²) < 4.78 is 1.03. The smallest absolute Gasteiger partial charge is 0.310 e. The summed E-state index contributed by atoms with van der Waals surface area (Å²) in [5, 5.41) is 8.40. The second kappa shape index (κ2) is 6.43. The van der Waals surface area contributed by atoms with Crippen molar-refractivity contribution in [3.63, 3.8) is 0 Å². The molecule has 1 N–H and O–H groups in total. The first-order valence-corrected chi connectivity index (χ1v) is 5.85. The fourth-order valence-electron chi connectivity index (χ4n) is 1.40. The number of hydrogen-bond acceptors (Lipinski definition) is 2. The number of carboxylic acids is 1. The van der Waals surface area contributed by atoms with Crippen molar-refractivity contribution in [2.24, 2.45) is 0 Å². The molecular weight excluding hydrogens is 272 g/mol. The molecule has 0 radical (unpaired) electrons. The number of carbonyl (C=O) groups excluding carboxylic acids is 1. The van der Waals surface area contributed by atoms with Crippen LogP contribution in [0.5, 0.6) is 0 Å². The van der Waals surface area contributed by atoms with Gasteiger partial charge in [-0.15, -0.1) is 0 Å². The molecule has 1 aromatic carbocycles. The van der Waals surface area contributed by atoms with Crippen LogP contribution >= 0.6 is 15.9 Å². The molecule has 0 atom stereocenters. The number of aliphatic carboxylic acids is 1. The lowest BCUT2D eigenvalue weighted by atomic mass is 10.1. The average molecular weight is 285 g/mol. The van der Waals surface area contributed by atoms with E-state index in [4.69, 9.17) is 5.11 Å². The molecule has 0 fully saturated rings. The lowest BCUT2D eigenvalue weighted by Crippen LogP contribution is -2.06. The quantitative estimate of drug-likeness (QED) is 0.818. The number of ketones is 1. The van der Waals surface area contributed by atoms with Crippen LogP contribution in [0.25, 0.3) is 0 Å². The molecule has 0 saturated carbocycles. The highest BCUT2D eigenvalue weighted by molar-refractivity contribution is 9.10. The second-order valence-electron chi connectivity index (χ2n) is 3.59. The van der Waals surface area contributed by atoms with Crippen molar-refractivity contribution in [1.82, 2.24) is 0 Å². The van der Waals surface area contributed by atoms with Gasteiger partial charge in [-0.25, -0.2) is 0 Å². The Morgan fingerprint density at radius 2 is 1.81 bits per heavy atom. The standard InChI is InChI=1S/C12H13BrO3/c13-10-6-4-9(5-7-10)2-1-3-11(14)8-12(15)16/h4-7H,1-3,8H2,(H,15,16). The summed E-state index contributed by atoms with van der Waals surface area (Å²) in [5.41, 5.74) is 1.16.